The summed E-state index contributed by atoms with van der Waals surface area (Å²) in [6.07, 6.45) is 1.73. The van der Waals surface area contributed by atoms with E-state index < -0.39 is 4.92 Å². The molecular formula is C23H16N4O3. The second-order valence-corrected chi connectivity index (χ2v) is 6.52. The number of nitrogens with one attached hydrogen (secondary N) is 1. The van der Waals surface area contributed by atoms with Crippen molar-refractivity contribution in [1.82, 2.24) is 9.97 Å². The highest BCUT2D eigenvalue weighted by Crippen LogP contribution is 2.25. The van der Waals surface area contributed by atoms with Crippen LogP contribution in [0.3, 0.4) is 0 Å². The van der Waals surface area contributed by atoms with Crippen molar-refractivity contribution in [2.75, 3.05) is 0 Å². The molecular weight excluding hydrogens is 380 g/mol. The second-order valence-electron chi connectivity index (χ2n) is 6.52. The molecule has 0 radical (unpaired) electrons. The molecule has 30 heavy (non-hydrogen) atoms. The highest BCUT2D eigenvalue weighted by molar-refractivity contribution is 5.91. The van der Waals surface area contributed by atoms with Crippen molar-refractivity contribution < 1.29 is 9.66 Å². The lowest BCUT2D eigenvalue weighted by Crippen LogP contribution is -1.98. The van der Waals surface area contributed by atoms with Crippen LogP contribution in [0.5, 0.6) is 5.75 Å². The Balaban J connectivity index is 1.58. The first-order valence-electron chi connectivity index (χ1n) is 9.16. The minimum Gasteiger partial charge on any atom is -0.488 e. The van der Waals surface area contributed by atoms with Crippen LogP contribution >= 0.6 is 0 Å². The van der Waals surface area contributed by atoms with E-state index in [4.69, 9.17) is 4.74 Å². The van der Waals surface area contributed by atoms with Gasteiger partial charge in [0, 0.05) is 17.7 Å². The quantitative estimate of drug-likeness (QED) is 0.277. The zero-order chi connectivity index (χ0) is 20.9. The third-order valence-electron chi connectivity index (χ3n) is 4.53. The molecule has 3 aromatic carbocycles. The van der Waals surface area contributed by atoms with Crippen LogP contribution in [0.15, 0.2) is 72.8 Å². The van der Waals surface area contributed by atoms with Gasteiger partial charge < -0.3 is 9.72 Å². The number of nitro benzene ring substituents is 1. The Bertz CT molecular complexity index is 1250. The standard InChI is InChI=1S/C23H16N4O3/c24-14-18(23-25-20-6-2-3-7-21(20)26-23)13-17-5-1-4-8-22(17)30-15-16-9-11-19(12-10-16)27(28)29/h1-13H,15H2,(H,25,26)/b18-13+. The number of rotatable bonds is 6. The van der Waals surface area contributed by atoms with E-state index in [1.807, 2.05) is 48.5 Å². The van der Waals surface area contributed by atoms with Crippen LogP contribution in [-0.4, -0.2) is 14.9 Å². The van der Waals surface area contributed by atoms with E-state index in [0.717, 1.165) is 22.2 Å². The summed E-state index contributed by atoms with van der Waals surface area (Å²) in [5, 5.41) is 20.4. The van der Waals surface area contributed by atoms with E-state index in [2.05, 4.69) is 16.0 Å². The molecule has 4 rings (SSSR count). The number of hydrogen-bond acceptors (Lipinski definition) is 5. The van der Waals surface area contributed by atoms with Crippen molar-refractivity contribution in [3.63, 3.8) is 0 Å². The molecule has 7 nitrogen and oxygen atoms in total. The largest absolute Gasteiger partial charge is 0.488 e. The van der Waals surface area contributed by atoms with Crippen LogP contribution in [0, 0.1) is 21.4 Å². The van der Waals surface area contributed by atoms with Crippen molar-refractivity contribution in [1.29, 1.82) is 5.26 Å². The van der Waals surface area contributed by atoms with Gasteiger partial charge in [0.05, 0.1) is 21.5 Å². The third-order valence-corrected chi connectivity index (χ3v) is 4.53. The minimum atomic E-state index is -0.438. The van der Waals surface area contributed by atoms with Gasteiger partial charge in [-0.1, -0.05) is 30.3 Å². The number of non-ortho nitro benzene ring substituents is 1. The summed E-state index contributed by atoms with van der Waals surface area (Å²) < 4.78 is 5.91. The molecule has 0 aliphatic heterocycles. The summed E-state index contributed by atoms with van der Waals surface area (Å²) in [6, 6.07) is 23.3. The van der Waals surface area contributed by atoms with E-state index >= 15 is 0 Å². The molecule has 4 aromatic rings. The van der Waals surface area contributed by atoms with Gasteiger partial charge in [0.25, 0.3) is 5.69 Å². The van der Waals surface area contributed by atoms with Crippen LogP contribution in [0.25, 0.3) is 22.7 Å². The first-order chi connectivity index (χ1) is 14.6. The normalized spacial score (nSPS) is 11.2. The van der Waals surface area contributed by atoms with Crippen molar-refractivity contribution >= 4 is 28.4 Å². The number of nitrogens with zero attached hydrogens (tertiary/aromatic N) is 3. The Hall–Kier alpha value is -4.44. The van der Waals surface area contributed by atoms with E-state index in [1.54, 1.807) is 18.2 Å². The molecule has 0 saturated carbocycles. The lowest BCUT2D eigenvalue weighted by Gasteiger charge is -2.09. The van der Waals surface area contributed by atoms with Gasteiger partial charge in [-0.05, 0) is 42.0 Å². The SMILES string of the molecule is N#C/C(=C\c1ccccc1OCc1ccc([N+](=O)[O-])cc1)c1nc2ccccc2[nH]1. The molecule has 1 N–H and O–H groups in total. The van der Waals surface area contributed by atoms with E-state index in [1.165, 1.54) is 12.1 Å². The summed E-state index contributed by atoms with van der Waals surface area (Å²) >= 11 is 0. The predicted octanol–water partition coefficient (Wildman–Crippen LogP) is 5.11. The molecule has 0 spiro atoms. The first-order valence-corrected chi connectivity index (χ1v) is 9.16. The van der Waals surface area contributed by atoms with Gasteiger partial charge in [-0.25, -0.2) is 4.98 Å². The number of ether oxygens (including phenoxy) is 1. The maximum atomic E-state index is 10.8. The zero-order valence-electron chi connectivity index (χ0n) is 15.8. The third kappa shape index (κ3) is 4.03. The maximum Gasteiger partial charge on any atom is 0.269 e. The Morgan fingerprint density at radius 2 is 1.83 bits per heavy atom. The lowest BCUT2D eigenvalue weighted by atomic mass is 10.1. The molecule has 0 amide bonds. The monoisotopic (exact) mass is 396 g/mol. The van der Waals surface area contributed by atoms with Gasteiger partial charge in [0.2, 0.25) is 0 Å². The predicted molar refractivity (Wildman–Crippen MR) is 113 cm³/mol. The Morgan fingerprint density at radius 1 is 1.10 bits per heavy atom. The van der Waals surface area contributed by atoms with Crippen molar-refractivity contribution in [3.05, 3.63) is 99.9 Å². The Labute approximate surface area is 172 Å². The van der Waals surface area contributed by atoms with Crippen molar-refractivity contribution in [2.24, 2.45) is 0 Å². The molecule has 0 aliphatic rings. The smallest absolute Gasteiger partial charge is 0.269 e. The summed E-state index contributed by atoms with van der Waals surface area (Å²) in [5.41, 5.74) is 3.60. The van der Waals surface area contributed by atoms with Gasteiger partial charge >= 0.3 is 0 Å². The highest BCUT2D eigenvalue weighted by Gasteiger charge is 2.10. The van der Waals surface area contributed by atoms with Gasteiger partial charge in [0.1, 0.15) is 24.3 Å². The first kappa shape index (κ1) is 18.9. The average molecular weight is 396 g/mol. The van der Waals surface area contributed by atoms with Crippen molar-refractivity contribution in [2.45, 2.75) is 6.61 Å². The van der Waals surface area contributed by atoms with E-state index in [0.29, 0.717) is 17.1 Å². The topological polar surface area (TPSA) is 105 Å². The number of nitriles is 1. The zero-order valence-corrected chi connectivity index (χ0v) is 15.8. The van der Waals surface area contributed by atoms with Crippen LogP contribution in [0.2, 0.25) is 0 Å². The number of aromatic nitrogens is 2. The molecule has 146 valence electrons. The van der Waals surface area contributed by atoms with Gasteiger partial charge in [-0.2, -0.15) is 5.26 Å². The summed E-state index contributed by atoms with van der Waals surface area (Å²) in [7, 11) is 0. The molecule has 0 saturated heterocycles. The Morgan fingerprint density at radius 3 is 2.57 bits per heavy atom. The van der Waals surface area contributed by atoms with Crippen LogP contribution in [-0.2, 0) is 6.61 Å². The minimum absolute atomic E-state index is 0.0339. The molecule has 0 aliphatic carbocycles. The fourth-order valence-electron chi connectivity index (χ4n) is 3.00. The van der Waals surface area contributed by atoms with Crippen LogP contribution < -0.4 is 4.74 Å². The number of imidazole rings is 1. The molecule has 1 aromatic heterocycles. The number of H-pyrrole nitrogens is 1. The second kappa shape index (κ2) is 8.29. The van der Waals surface area contributed by atoms with Gasteiger partial charge in [-0.3, -0.25) is 10.1 Å². The molecule has 0 bridgehead atoms. The van der Waals surface area contributed by atoms with E-state index in [9.17, 15) is 15.4 Å². The molecule has 7 heteroatoms. The molecule has 0 unspecified atom stereocenters. The van der Waals surface area contributed by atoms with E-state index in [-0.39, 0.29) is 12.3 Å². The van der Waals surface area contributed by atoms with Crippen LogP contribution in [0.4, 0.5) is 5.69 Å². The molecule has 1 heterocycles. The molecule has 0 fully saturated rings. The lowest BCUT2D eigenvalue weighted by molar-refractivity contribution is -0.384. The number of aromatic amines is 1. The fraction of sp³-hybridized carbons (Fsp3) is 0.0435. The number of benzene rings is 3. The average Bonchev–Trinajstić information content (AvgIpc) is 3.21. The number of para-hydroxylation sites is 3. The number of fused-ring (bicyclic) bond motifs is 1. The van der Waals surface area contributed by atoms with Crippen LogP contribution in [0.1, 0.15) is 17.0 Å². The summed E-state index contributed by atoms with van der Waals surface area (Å²) in [6.45, 7) is 0.245. The Kier molecular flexibility index (Phi) is 5.22. The maximum absolute atomic E-state index is 10.8. The summed E-state index contributed by atoms with van der Waals surface area (Å²) in [4.78, 5) is 18.0. The number of hydrogen-bond donors (Lipinski definition) is 1. The summed E-state index contributed by atoms with van der Waals surface area (Å²) in [5.74, 6) is 1.09. The van der Waals surface area contributed by atoms with Gasteiger partial charge in [-0.15, -0.1) is 0 Å². The number of nitro groups is 1. The highest BCUT2D eigenvalue weighted by atomic mass is 16.6. The fourth-order valence-corrected chi connectivity index (χ4v) is 3.00. The number of allylic oxidation sites excluding steroid dienone is 1. The molecule has 0 atom stereocenters. The van der Waals surface area contributed by atoms with Crippen molar-refractivity contribution in [3.8, 4) is 11.8 Å². The van der Waals surface area contributed by atoms with Gasteiger partial charge in [0.15, 0.2) is 0 Å².